The molecular weight excluding hydrogens is 388 g/mol. The highest BCUT2D eigenvalue weighted by atomic mass is 19.3. The lowest BCUT2D eigenvalue weighted by molar-refractivity contribution is -0.115. The third-order valence-electron chi connectivity index (χ3n) is 5.09. The van der Waals surface area contributed by atoms with Gasteiger partial charge in [-0.15, -0.1) is 0 Å². The van der Waals surface area contributed by atoms with Gasteiger partial charge in [0.1, 0.15) is 6.07 Å². The van der Waals surface area contributed by atoms with Crippen molar-refractivity contribution in [1.82, 2.24) is 14.8 Å². The second-order valence-corrected chi connectivity index (χ2v) is 7.48. The number of hydrogen-bond acceptors (Lipinski definition) is 4. The van der Waals surface area contributed by atoms with Crippen LogP contribution >= 0.6 is 0 Å². The predicted molar refractivity (Wildman–Crippen MR) is 106 cm³/mol. The standard InChI is InChI=1S/C22H19F2N5O/c23-22(24)10-18(11-22)17-4-1-15(2-5-17)9-21(30)27-20-7-8-29(28-20)14-19-6-3-16(12-25)13-26-19/h1-8,13,18H,9-11,14H2,(H,27,28,30). The maximum absolute atomic E-state index is 13.0. The molecule has 8 heteroatoms. The van der Waals surface area contributed by atoms with Crippen LogP contribution in [0.25, 0.3) is 0 Å². The van der Waals surface area contributed by atoms with Crippen molar-refractivity contribution in [3.63, 3.8) is 0 Å². The molecule has 3 aromatic rings. The van der Waals surface area contributed by atoms with Gasteiger partial charge in [-0.2, -0.15) is 10.4 Å². The van der Waals surface area contributed by atoms with Gasteiger partial charge in [0.15, 0.2) is 5.82 Å². The van der Waals surface area contributed by atoms with Crippen molar-refractivity contribution in [3.8, 4) is 6.07 Å². The molecule has 0 unspecified atom stereocenters. The maximum Gasteiger partial charge on any atom is 0.249 e. The Morgan fingerprint density at radius 1 is 1.20 bits per heavy atom. The van der Waals surface area contributed by atoms with E-state index in [2.05, 4.69) is 15.4 Å². The molecule has 2 aromatic heterocycles. The Balaban J connectivity index is 1.29. The lowest BCUT2D eigenvalue weighted by Gasteiger charge is -2.35. The maximum atomic E-state index is 13.0. The highest BCUT2D eigenvalue weighted by Crippen LogP contribution is 2.48. The topological polar surface area (TPSA) is 83.6 Å². The van der Waals surface area contributed by atoms with Crippen LogP contribution in [-0.4, -0.2) is 26.6 Å². The summed E-state index contributed by atoms with van der Waals surface area (Å²) in [6.07, 6.45) is 3.20. The van der Waals surface area contributed by atoms with E-state index in [0.29, 0.717) is 17.9 Å². The molecule has 0 radical (unpaired) electrons. The number of rotatable bonds is 6. The molecule has 0 aliphatic heterocycles. The number of aromatic nitrogens is 3. The first-order valence-electron chi connectivity index (χ1n) is 9.55. The first-order chi connectivity index (χ1) is 14.4. The van der Waals surface area contributed by atoms with Crippen LogP contribution in [-0.2, 0) is 17.8 Å². The second-order valence-electron chi connectivity index (χ2n) is 7.48. The van der Waals surface area contributed by atoms with Gasteiger partial charge in [-0.1, -0.05) is 24.3 Å². The van der Waals surface area contributed by atoms with Gasteiger partial charge >= 0.3 is 0 Å². The van der Waals surface area contributed by atoms with E-state index in [9.17, 15) is 13.6 Å². The zero-order valence-corrected chi connectivity index (χ0v) is 16.1. The number of anilines is 1. The molecule has 1 aromatic carbocycles. The summed E-state index contributed by atoms with van der Waals surface area (Å²) in [4.78, 5) is 16.5. The zero-order chi connectivity index (χ0) is 21.1. The molecule has 1 aliphatic carbocycles. The van der Waals surface area contributed by atoms with Crippen LogP contribution in [0.5, 0.6) is 0 Å². The highest BCUT2D eigenvalue weighted by molar-refractivity contribution is 5.91. The number of benzene rings is 1. The largest absolute Gasteiger partial charge is 0.309 e. The van der Waals surface area contributed by atoms with Crippen molar-refractivity contribution in [2.45, 2.75) is 37.6 Å². The fourth-order valence-corrected chi connectivity index (χ4v) is 3.44. The molecule has 152 valence electrons. The number of carbonyl (C=O) groups excluding carboxylic acids is 1. The molecule has 0 spiro atoms. The van der Waals surface area contributed by atoms with Crippen LogP contribution in [0.3, 0.4) is 0 Å². The molecule has 0 atom stereocenters. The SMILES string of the molecule is N#Cc1ccc(Cn2ccc(NC(=O)Cc3ccc(C4CC(F)(F)C4)cc3)n2)nc1. The lowest BCUT2D eigenvalue weighted by atomic mass is 9.76. The number of nitrogens with one attached hydrogen (secondary N) is 1. The summed E-state index contributed by atoms with van der Waals surface area (Å²) in [5.74, 6) is -2.41. The van der Waals surface area contributed by atoms with Gasteiger partial charge in [-0.25, -0.2) is 8.78 Å². The van der Waals surface area contributed by atoms with Crippen molar-refractivity contribution in [2.75, 3.05) is 5.32 Å². The number of hydrogen-bond donors (Lipinski definition) is 1. The van der Waals surface area contributed by atoms with E-state index in [-0.39, 0.29) is 31.1 Å². The average molecular weight is 407 g/mol. The number of nitrogens with zero attached hydrogens (tertiary/aromatic N) is 4. The first kappa shape index (κ1) is 19.7. The first-order valence-corrected chi connectivity index (χ1v) is 9.55. The summed E-state index contributed by atoms with van der Waals surface area (Å²) in [5, 5.41) is 15.9. The predicted octanol–water partition coefficient (Wildman–Crippen LogP) is 3.89. The summed E-state index contributed by atoms with van der Waals surface area (Å²) in [7, 11) is 0. The van der Waals surface area contributed by atoms with Crippen LogP contribution in [0, 0.1) is 11.3 Å². The summed E-state index contributed by atoms with van der Waals surface area (Å²) in [6.45, 7) is 0.420. The number of alkyl halides is 2. The van der Waals surface area contributed by atoms with Crippen molar-refractivity contribution < 1.29 is 13.6 Å². The van der Waals surface area contributed by atoms with E-state index in [4.69, 9.17) is 5.26 Å². The third kappa shape index (κ3) is 4.69. The minimum atomic E-state index is -2.54. The Morgan fingerprint density at radius 3 is 2.60 bits per heavy atom. The van der Waals surface area contributed by atoms with Crippen molar-refractivity contribution >= 4 is 11.7 Å². The van der Waals surface area contributed by atoms with Crippen LogP contribution in [0.1, 0.15) is 41.1 Å². The Bertz CT molecular complexity index is 1080. The molecule has 1 N–H and O–H groups in total. The van der Waals surface area contributed by atoms with E-state index in [1.807, 2.05) is 18.2 Å². The third-order valence-corrected chi connectivity index (χ3v) is 5.09. The van der Waals surface area contributed by atoms with Crippen molar-refractivity contribution in [1.29, 1.82) is 5.26 Å². The van der Waals surface area contributed by atoms with Gasteiger partial charge in [-0.05, 0) is 29.2 Å². The molecule has 6 nitrogen and oxygen atoms in total. The van der Waals surface area contributed by atoms with Crippen LogP contribution in [0.2, 0.25) is 0 Å². The van der Waals surface area contributed by atoms with Gasteiger partial charge in [0.05, 0.1) is 24.2 Å². The minimum Gasteiger partial charge on any atom is -0.309 e. The van der Waals surface area contributed by atoms with Gasteiger partial charge in [-0.3, -0.25) is 14.5 Å². The lowest BCUT2D eigenvalue weighted by Crippen LogP contribution is -2.33. The quantitative estimate of drug-likeness (QED) is 0.672. The van der Waals surface area contributed by atoms with Gasteiger partial charge < -0.3 is 5.32 Å². The van der Waals surface area contributed by atoms with Gasteiger partial charge in [0.2, 0.25) is 11.8 Å². The highest BCUT2D eigenvalue weighted by Gasteiger charge is 2.45. The summed E-state index contributed by atoms with van der Waals surface area (Å²) >= 11 is 0. The summed E-state index contributed by atoms with van der Waals surface area (Å²) in [6, 6.07) is 14.4. The summed E-state index contributed by atoms with van der Waals surface area (Å²) < 4.78 is 27.7. The number of pyridine rings is 1. The molecule has 1 aliphatic rings. The van der Waals surface area contributed by atoms with E-state index in [1.54, 1.807) is 41.2 Å². The summed E-state index contributed by atoms with van der Waals surface area (Å²) in [5.41, 5.74) is 2.94. The Morgan fingerprint density at radius 2 is 1.97 bits per heavy atom. The van der Waals surface area contributed by atoms with E-state index < -0.39 is 5.92 Å². The Hall–Kier alpha value is -3.60. The van der Waals surface area contributed by atoms with E-state index in [0.717, 1.165) is 16.8 Å². The van der Waals surface area contributed by atoms with Gasteiger partial charge in [0.25, 0.3) is 0 Å². The van der Waals surface area contributed by atoms with Gasteiger partial charge in [0, 0.05) is 31.3 Å². The Kier molecular flexibility index (Phi) is 5.27. The van der Waals surface area contributed by atoms with E-state index >= 15 is 0 Å². The van der Waals surface area contributed by atoms with Crippen LogP contribution in [0.15, 0.2) is 54.9 Å². The number of amides is 1. The molecule has 30 heavy (non-hydrogen) atoms. The minimum absolute atomic E-state index is 0.0996. The zero-order valence-electron chi connectivity index (χ0n) is 16.1. The molecule has 0 saturated heterocycles. The molecule has 1 saturated carbocycles. The fourth-order valence-electron chi connectivity index (χ4n) is 3.44. The van der Waals surface area contributed by atoms with Crippen molar-refractivity contribution in [2.24, 2.45) is 0 Å². The number of nitriles is 1. The van der Waals surface area contributed by atoms with Crippen LogP contribution in [0.4, 0.5) is 14.6 Å². The monoisotopic (exact) mass is 407 g/mol. The van der Waals surface area contributed by atoms with E-state index in [1.165, 1.54) is 6.20 Å². The molecule has 0 bridgehead atoms. The smallest absolute Gasteiger partial charge is 0.249 e. The molecule has 2 heterocycles. The molecule has 1 fully saturated rings. The normalized spacial score (nSPS) is 15.2. The number of carbonyl (C=O) groups is 1. The average Bonchev–Trinajstić information content (AvgIpc) is 3.14. The fraction of sp³-hybridized carbons (Fsp3) is 0.273. The van der Waals surface area contributed by atoms with Crippen molar-refractivity contribution in [3.05, 3.63) is 77.2 Å². The second kappa shape index (κ2) is 8.03. The molecule has 4 rings (SSSR count). The Labute approximate surface area is 172 Å². The van der Waals surface area contributed by atoms with Crippen LogP contribution < -0.4 is 5.32 Å². The molecule has 1 amide bonds. The number of halogens is 2. The molecular formula is C22H19F2N5O.